The number of aliphatic imine (C=N–C) groups is 2. The normalized spacial score (nSPS) is 22.7. The number of nitrogens with two attached hydrogens (primary N) is 2. The lowest BCUT2D eigenvalue weighted by Gasteiger charge is -2.42. The molecule has 0 bridgehead atoms. The summed E-state index contributed by atoms with van der Waals surface area (Å²) in [5.41, 5.74) is 14.1. The number of anilines is 2. The molecule has 0 aliphatic carbocycles. The van der Waals surface area contributed by atoms with E-state index in [1.807, 2.05) is 30.4 Å². The van der Waals surface area contributed by atoms with Gasteiger partial charge in [-0.2, -0.15) is 0 Å². The number of phenols is 1. The zero-order valence-corrected chi connectivity index (χ0v) is 23.1. The maximum atomic E-state index is 12.1. The summed E-state index contributed by atoms with van der Waals surface area (Å²) in [5, 5.41) is 12.1. The Balaban J connectivity index is 1.72. The summed E-state index contributed by atoms with van der Waals surface area (Å²) in [7, 11) is 0. The Morgan fingerprint density at radius 2 is 1.10 bits per heavy atom. The van der Waals surface area contributed by atoms with E-state index in [1.165, 1.54) is 12.7 Å². The Morgan fingerprint density at radius 1 is 0.692 bits per heavy atom. The molecule has 0 spiro atoms. The molecule has 5 rings (SSSR count). The first-order valence-electron chi connectivity index (χ1n) is 12.8. The van der Waals surface area contributed by atoms with Crippen molar-refractivity contribution in [3.05, 3.63) is 77.7 Å². The van der Waals surface area contributed by atoms with Gasteiger partial charge in [0.25, 0.3) is 0 Å². The Morgan fingerprint density at radius 3 is 1.46 bits per heavy atom. The van der Waals surface area contributed by atoms with Crippen LogP contribution in [0.4, 0.5) is 11.6 Å². The Bertz CT molecular complexity index is 1460. The third kappa shape index (κ3) is 4.00. The first-order chi connectivity index (χ1) is 18.3. The van der Waals surface area contributed by atoms with Crippen LogP contribution in [0.2, 0.25) is 0 Å². The van der Waals surface area contributed by atoms with Crippen molar-refractivity contribution in [2.24, 2.45) is 20.8 Å². The fourth-order valence-electron chi connectivity index (χ4n) is 5.44. The number of para-hydroxylation sites is 1. The summed E-state index contributed by atoms with van der Waals surface area (Å²) in [5.74, 6) is 0.889. The largest absolute Gasteiger partial charge is 0.507 e. The molecule has 200 valence electrons. The molecule has 39 heavy (non-hydrogen) atoms. The molecule has 0 saturated heterocycles. The summed E-state index contributed by atoms with van der Waals surface area (Å²) >= 11 is 0. The van der Waals surface area contributed by atoms with Crippen molar-refractivity contribution in [1.29, 1.82) is 0 Å². The lowest BCUT2D eigenvalue weighted by molar-refractivity contribution is 0.231. The number of phenolic OH excluding ortho intramolecular Hbond substituents is 1. The summed E-state index contributed by atoms with van der Waals surface area (Å²) in [6.07, 6.45) is 13.9. The van der Waals surface area contributed by atoms with Crippen LogP contribution in [-0.2, 0) is 11.1 Å². The average molecular weight is 523 g/mol. The van der Waals surface area contributed by atoms with E-state index in [0.717, 1.165) is 11.1 Å². The van der Waals surface area contributed by atoms with Crippen LogP contribution in [0.3, 0.4) is 0 Å². The molecule has 3 aromatic rings. The van der Waals surface area contributed by atoms with Crippen LogP contribution in [0.15, 0.2) is 65.4 Å². The van der Waals surface area contributed by atoms with Crippen LogP contribution < -0.4 is 11.5 Å². The van der Waals surface area contributed by atoms with Crippen molar-refractivity contribution < 1.29 is 5.11 Å². The van der Waals surface area contributed by atoms with Gasteiger partial charge in [0.05, 0.1) is 0 Å². The Kier molecular flexibility index (Phi) is 5.93. The van der Waals surface area contributed by atoms with Gasteiger partial charge in [-0.1, -0.05) is 59.7 Å². The highest BCUT2D eigenvalue weighted by atomic mass is 16.3. The number of aromatic nitrogens is 4. The third-order valence-electron chi connectivity index (χ3n) is 7.80. The number of hydrogen-bond donors (Lipinski definition) is 3. The van der Waals surface area contributed by atoms with Gasteiger partial charge in [0, 0.05) is 58.2 Å². The van der Waals surface area contributed by atoms with E-state index in [2.05, 4.69) is 61.5 Å². The van der Waals surface area contributed by atoms with E-state index >= 15 is 0 Å². The van der Waals surface area contributed by atoms with Gasteiger partial charge in [-0.15, -0.1) is 0 Å². The van der Waals surface area contributed by atoms with Crippen LogP contribution in [0.5, 0.6) is 5.75 Å². The predicted molar refractivity (Wildman–Crippen MR) is 156 cm³/mol. The van der Waals surface area contributed by atoms with Gasteiger partial charge in [0.1, 0.15) is 41.1 Å². The predicted octanol–water partition coefficient (Wildman–Crippen LogP) is 4.96. The zero-order valence-electron chi connectivity index (χ0n) is 23.1. The molecule has 2 unspecified atom stereocenters. The number of rotatable bonds is 4. The molecule has 2 atom stereocenters. The summed E-state index contributed by atoms with van der Waals surface area (Å²) in [6.45, 7) is 12.6. The van der Waals surface area contributed by atoms with Gasteiger partial charge in [0.15, 0.2) is 0 Å². The van der Waals surface area contributed by atoms with E-state index in [-0.39, 0.29) is 5.75 Å². The lowest BCUT2D eigenvalue weighted by atomic mass is 9.65. The Labute approximate surface area is 228 Å². The van der Waals surface area contributed by atoms with Crippen LogP contribution >= 0.6 is 0 Å². The molecule has 2 aliphatic heterocycles. The van der Waals surface area contributed by atoms with Crippen LogP contribution in [0, 0.1) is 10.8 Å². The monoisotopic (exact) mass is 522 g/mol. The van der Waals surface area contributed by atoms with Crippen molar-refractivity contribution in [3.8, 4) is 5.75 Å². The molecule has 0 saturated carbocycles. The van der Waals surface area contributed by atoms with Gasteiger partial charge in [0.2, 0.25) is 0 Å². The second-order valence-corrected chi connectivity index (χ2v) is 12.1. The van der Waals surface area contributed by atoms with E-state index in [0.29, 0.717) is 33.9 Å². The maximum Gasteiger partial charge on any atom is 0.134 e. The molecule has 5 N–H and O–H groups in total. The quantitative estimate of drug-likeness (QED) is 0.439. The fraction of sp³-hybridized carbons (Fsp3) is 0.333. The number of nitrogen functional groups attached to an aromatic ring is 2. The first kappa shape index (κ1) is 26.2. The molecule has 2 aliphatic rings. The van der Waals surface area contributed by atoms with Gasteiger partial charge in [-0.3, -0.25) is 9.98 Å². The van der Waals surface area contributed by atoms with Crippen molar-refractivity contribution >= 4 is 35.2 Å². The minimum Gasteiger partial charge on any atom is -0.507 e. The molecule has 1 aromatic carbocycles. The minimum absolute atomic E-state index is 0.140. The Hall–Kier alpha value is -4.40. The number of aromatic hydroxyl groups is 1. The summed E-state index contributed by atoms with van der Waals surface area (Å²) in [6, 6.07) is 5.80. The lowest BCUT2D eigenvalue weighted by Crippen LogP contribution is -2.38. The topological polar surface area (TPSA) is 149 Å². The number of allylic oxidation sites excluding steroid dienone is 2. The van der Waals surface area contributed by atoms with E-state index in [1.54, 1.807) is 24.8 Å². The molecule has 4 heterocycles. The van der Waals surface area contributed by atoms with Crippen LogP contribution in [-0.4, -0.2) is 37.5 Å². The molecular weight excluding hydrogens is 488 g/mol. The average Bonchev–Trinajstić information content (AvgIpc) is 3.51. The number of benzene rings is 1. The molecule has 0 amide bonds. The second kappa shape index (κ2) is 8.83. The third-order valence-corrected chi connectivity index (χ3v) is 7.80. The van der Waals surface area contributed by atoms with E-state index < -0.39 is 21.9 Å². The fourth-order valence-corrected chi connectivity index (χ4v) is 5.44. The molecule has 0 fully saturated rings. The highest BCUT2D eigenvalue weighted by Gasteiger charge is 2.50. The smallest absolute Gasteiger partial charge is 0.134 e. The van der Waals surface area contributed by atoms with Gasteiger partial charge < -0.3 is 16.6 Å². The van der Waals surface area contributed by atoms with E-state index in [9.17, 15) is 5.11 Å². The van der Waals surface area contributed by atoms with Crippen molar-refractivity contribution in [2.45, 2.75) is 52.6 Å². The van der Waals surface area contributed by atoms with Gasteiger partial charge >= 0.3 is 0 Å². The molecule has 0 radical (unpaired) electrons. The van der Waals surface area contributed by atoms with Crippen molar-refractivity contribution in [2.75, 3.05) is 11.5 Å². The molecule has 9 nitrogen and oxygen atoms in total. The molecule has 2 aromatic heterocycles. The number of hydrogen-bond acceptors (Lipinski definition) is 9. The standard InChI is InChI=1S/C30H34N8O/c1-27(2,3)29(10-18(12-37-29)20-14-33-16-35-25(20)31)22-8-7-9-23(24(22)39)30(28(4,5)6)11-19(13-38-30)21-15-34-17-36-26(21)32/h7-17,39H,1-6H3,(H2,31,33,35)(H2,32,34,36). The summed E-state index contributed by atoms with van der Waals surface area (Å²) < 4.78 is 0. The van der Waals surface area contributed by atoms with Crippen molar-refractivity contribution in [1.82, 2.24) is 19.9 Å². The SMILES string of the molecule is CC(C)(C)C1(c2cccc(C3(C(C)(C)C)C=C(c4cncnc4N)C=N3)c2O)C=C(c2cncnc2N)C=N1. The molecule has 9 heteroatoms. The molecular formula is C30H34N8O. The summed E-state index contributed by atoms with van der Waals surface area (Å²) in [4.78, 5) is 26.6. The highest BCUT2D eigenvalue weighted by Crippen LogP contribution is 2.56. The number of nitrogens with zero attached hydrogens (tertiary/aromatic N) is 6. The van der Waals surface area contributed by atoms with Gasteiger partial charge in [-0.05, 0) is 23.0 Å². The van der Waals surface area contributed by atoms with E-state index in [4.69, 9.17) is 21.5 Å². The van der Waals surface area contributed by atoms with Crippen molar-refractivity contribution in [3.63, 3.8) is 0 Å². The highest BCUT2D eigenvalue weighted by molar-refractivity contribution is 6.14. The van der Waals surface area contributed by atoms with Crippen LogP contribution in [0.25, 0.3) is 11.1 Å². The van der Waals surface area contributed by atoms with Crippen LogP contribution in [0.1, 0.15) is 63.8 Å². The second-order valence-electron chi connectivity index (χ2n) is 12.1. The maximum absolute atomic E-state index is 12.1. The zero-order chi connectivity index (χ0) is 28.2. The first-order valence-corrected chi connectivity index (χ1v) is 12.8. The van der Waals surface area contributed by atoms with Gasteiger partial charge in [-0.25, -0.2) is 19.9 Å². The minimum atomic E-state index is -0.879.